The highest BCUT2D eigenvalue weighted by Crippen LogP contribution is 2.40. The number of nitrogen functional groups attached to an aromatic ring is 1. The number of hydrogen-bond acceptors (Lipinski definition) is 3. The number of nitriles is 1. The number of hydrogen-bond donors (Lipinski definition) is 1. The van der Waals surface area contributed by atoms with Crippen LogP contribution in [0.2, 0.25) is 0 Å². The predicted molar refractivity (Wildman–Crippen MR) is 79.0 cm³/mol. The van der Waals surface area contributed by atoms with Gasteiger partial charge in [0.2, 0.25) is 0 Å². The third-order valence-corrected chi connectivity index (χ3v) is 4.08. The molecule has 102 valence electrons. The van der Waals surface area contributed by atoms with E-state index in [1.807, 2.05) is 36.0 Å². The lowest BCUT2D eigenvalue weighted by Crippen LogP contribution is -2.11. The Balaban J connectivity index is 2.15. The molecule has 2 N–H and O–H groups in total. The summed E-state index contributed by atoms with van der Waals surface area (Å²) in [7, 11) is 1.99. The quantitative estimate of drug-likeness (QED) is 0.850. The van der Waals surface area contributed by atoms with Crippen molar-refractivity contribution in [3.05, 3.63) is 35.5 Å². The second-order valence-corrected chi connectivity index (χ2v) is 5.41. The van der Waals surface area contributed by atoms with Gasteiger partial charge < -0.3 is 5.73 Å². The number of nitrogens with zero attached hydrogens (tertiary/aromatic N) is 3. The lowest BCUT2D eigenvalue weighted by atomic mass is 9.82. The molecule has 1 aliphatic carbocycles. The van der Waals surface area contributed by atoms with E-state index < -0.39 is 0 Å². The van der Waals surface area contributed by atoms with E-state index in [0.29, 0.717) is 12.3 Å². The highest BCUT2D eigenvalue weighted by atomic mass is 15.3. The van der Waals surface area contributed by atoms with E-state index in [-0.39, 0.29) is 0 Å². The monoisotopic (exact) mass is 266 g/mol. The molecule has 1 aliphatic rings. The standard InChI is InChI=1S/C16H18N4/c1-20-14-7-3-4-11(8-9-17)15(14)16(19-20)12-5-2-6-13(18)10-12/h2,5-6,10-11H,3-4,7-8,18H2,1H3. The summed E-state index contributed by atoms with van der Waals surface area (Å²) in [6.45, 7) is 0. The van der Waals surface area contributed by atoms with Gasteiger partial charge in [-0.15, -0.1) is 0 Å². The van der Waals surface area contributed by atoms with Gasteiger partial charge in [-0.25, -0.2) is 0 Å². The van der Waals surface area contributed by atoms with E-state index in [9.17, 15) is 0 Å². The molecule has 4 nitrogen and oxygen atoms in total. The molecule has 0 saturated carbocycles. The number of rotatable bonds is 2. The molecule has 2 aromatic rings. The van der Waals surface area contributed by atoms with Crippen LogP contribution in [0, 0.1) is 11.3 Å². The summed E-state index contributed by atoms with van der Waals surface area (Å²) < 4.78 is 1.97. The van der Waals surface area contributed by atoms with Crippen molar-refractivity contribution in [1.29, 1.82) is 5.26 Å². The van der Waals surface area contributed by atoms with E-state index in [1.165, 1.54) is 11.3 Å². The zero-order valence-electron chi connectivity index (χ0n) is 11.6. The van der Waals surface area contributed by atoms with Crippen molar-refractivity contribution in [1.82, 2.24) is 9.78 Å². The summed E-state index contributed by atoms with van der Waals surface area (Å²) in [4.78, 5) is 0. The number of aryl methyl sites for hydroxylation is 1. The van der Waals surface area contributed by atoms with E-state index >= 15 is 0 Å². The van der Waals surface area contributed by atoms with Crippen LogP contribution in [-0.4, -0.2) is 9.78 Å². The van der Waals surface area contributed by atoms with Gasteiger partial charge in [0.1, 0.15) is 0 Å². The van der Waals surface area contributed by atoms with Gasteiger partial charge in [-0.3, -0.25) is 4.68 Å². The molecule has 1 unspecified atom stereocenters. The van der Waals surface area contributed by atoms with Gasteiger partial charge in [0, 0.05) is 41.9 Å². The van der Waals surface area contributed by atoms with Gasteiger partial charge in [0.15, 0.2) is 0 Å². The topological polar surface area (TPSA) is 67.6 Å². The smallest absolute Gasteiger partial charge is 0.0961 e. The summed E-state index contributed by atoms with van der Waals surface area (Å²) in [5.74, 6) is 0.300. The van der Waals surface area contributed by atoms with Crippen LogP contribution in [0.5, 0.6) is 0 Å². The zero-order valence-corrected chi connectivity index (χ0v) is 11.6. The molecule has 0 saturated heterocycles. The van der Waals surface area contributed by atoms with E-state index in [0.717, 1.165) is 36.2 Å². The normalized spacial score (nSPS) is 17.5. The Bertz CT molecular complexity index is 678. The largest absolute Gasteiger partial charge is 0.399 e. The van der Waals surface area contributed by atoms with Crippen molar-refractivity contribution in [2.24, 2.45) is 7.05 Å². The molecule has 0 aliphatic heterocycles. The number of nitrogens with two attached hydrogens (primary N) is 1. The maximum Gasteiger partial charge on any atom is 0.0961 e. The first-order valence-electron chi connectivity index (χ1n) is 6.99. The second kappa shape index (κ2) is 5.01. The van der Waals surface area contributed by atoms with Crippen molar-refractivity contribution in [3.63, 3.8) is 0 Å². The minimum absolute atomic E-state index is 0.300. The number of fused-ring (bicyclic) bond motifs is 1. The summed E-state index contributed by atoms with van der Waals surface area (Å²) >= 11 is 0. The average Bonchev–Trinajstić information content (AvgIpc) is 2.78. The van der Waals surface area contributed by atoms with E-state index in [2.05, 4.69) is 11.2 Å². The van der Waals surface area contributed by atoms with Crippen molar-refractivity contribution >= 4 is 5.69 Å². The van der Waals surface area contributed by atoms with Gasteiger partial charge in [0.25, 0.3) is 0 Å². The molecule has 1 aromatic heterocycles. The third-order valence-electron chi connectivity index (χ3n) is 4.08. The summed E-state index contributed by atoms with van der Waals surface area (Å²) in [5.41, 5.74) is 11.2. The van der Waals surface area contributed by atoms with Crippen LogP contribution >= 0.6 is 0 Å². The molecule has 0 radical (unpaired) electrons. The Morgan fingerprint density at radius 3 is 3.10 bits per heavy atom. The van der Waals surface area contributed by atoms with Crippen molar-refractivity contribution in [2.75, 3.05) is 5.73 Å². The Hall–Kier alpha value is -2.28. The first-order valence-corrected chi connectivity index (χ1v) is 6.99. The molecule has 20 heavy (non-hydrogen) atoms. The third kappa shape index (κ3) is 2.05. The van der Waals surface area contributed by atoms with Crippen LogP contribution in [0.1, 0.15) is 36.4 Å². The molecule has 0 amide bonds. The molecule has 3 rings (SSSR count). The molecular weight excluding hydrogens is 248 g/mol. The fraction of sp³-hybridized carbons (Fsp3) is 0.375. The Morgan fingerprint density at radius 1 is 1.50 bits per heavy atom. The van der Waals surface area contributed by atoms with Crippen LogP contribution in [0.25, 0.3) is 11.3 Å². The summed E-state index contributed by atoms with van der Waals surface area (Å²) in [6.07, 6.45) is 3.81. The second-order valence-electron chi connectivity index (χ2n) is 5.41. The van der Waals surface area contributed by atoms with Crippen LogP contribution in [-0.2, 0) is 13.5 Å². The number of benzene rings is 1. The van der Waals surface area contributed by atoms with Crippen molar-refractivity contribution < 1.29 is 0 Å². The Kier molecular flexibility index (Phi) is 3.19. The van der Waals surface area contributed by atoms with Gasteiger partial charge in [-0.2, -0.15) is 10.4 Å². The molecule has 1 aromatic carbocycles. The molecular formula is C16H18N4. The predicted octanol–water partition coefficient (Wildman–Crippen LogP) is 3.00. The van der Waals surface area contributed by atoms with Crippen molar-refractivity contribution in [2.45, 2.75) is 31.6 Å². The maximum absolute atomic E-state index is 9.06. The SMILES string of the molecule is Cn1nc(-c2cccc(N)c2)c2c1CCCC2CC#N. The molecule has 0 fully saturated rings. The molecule has 1 heterocycles. The fourth-order valence-corrected chi connectivity index (χ4v) is 3.17. The average molecular weight is 266 g/mol. The lowest BCUT2D eigenvalue weighted by Gasteiger charge is -2.21. The van der Waals surface area contributed by atoms with E-state index in [1.54, 1.807) is 0 Å². The minimum Gasteiger partial charge on any atom is -0.399 e. The van der Waals surface area contributed by atoms with Crippen LogP contribution in [0.4, 0.5) is 5.69 Å². The Morgan fingerprint density at radius 2 is 2.35 bits per heavy atom. The maximum atomic E-state index is 9.06. The fourth-order valence-electron chi connectivity index (χ4n) is 3.17. The first-order chi connectivity index (χ1) is 9.70. The Labute approximate surface area is 118 Å². The molecule has 4 heteroatoms. The summed E-state index contributed by atoms with van der Waals surface area (Å²) in [6, 6.07) is 10.1. The van der Waals surface area contributed by atoms with Gasteiger partial charge in [-0.1, -0.05) is 12.1 Å². The number of aromatic nitrogens is 2. The first kappa shape index (κ1) is 12.7. The summed E-state index contributed by atoms with van der Waals surface area (Å²) in [5, 5.41) is 13.7. The molecule has 0 bridgehead atoms. The molecule has 0 spiro atoms. The highest BCUT2D eigenvalue weighted by molar-refractivity contribution is 5.68. The minimum atomic E-state index is 0.300. The van der Waals surface area contributed by atoms with Crippen LogP contribution < -0.4 is 5.73 Å². The van der Waals surface area contributed by atoms with Gasteiger partial charge in [0.05, 0.1) is 11.8 Å². The lowest BCUT2D eigenvalue weighted by molar-refractivity contribution is 0.542. The van der Waals surface area contributed by atoms with Gasteiger partial charge >= 0.3 is 0 Å². The highest BCUT2D eigenvalue weighted by Gasteiger charge is 2.28. The van der Waals surface area contributed by atoms with Crippen molar-refractivity contribution in [3.8, 4) is 17.3 Å². The molecule has 1 atom stereocenters. The van der Waals surface area contributed by atoms with Crippen LogP contribution in [0.3, 0.4) is 0 Å². The number of anilines is 1. The van der Waals surface area contributed by atoms with Crippen LogP contribution in [0.15, 0.2) is 24.3 Å². The zero-order chi connectivity index (χ0) is 14.1. The van der Waals surface area contributed by atoms with Gasteiger partial charge in [-0.05, 0) is 31.4 Å². The van der Waals surface area contributed by atoms with E-state index in [4.69, 9.17) is 11.0 Å².